The highest BCUT2D eigenvalue weighted by molar-refractivity contribution is 7.09. The molecule has 1 saturated carbocycles. The van der Waals surface area contributed by atoms with Crippen molar-refractivity contribution in [3.8, 4) is 0 Å². The average Bonchev–Trinajstić information content (AvgIpc) is 2.94. The molecule has 0 amide bonds. The van der Waals surface area contributed by atoms with Crippen molar-refractivity contribution in [1.82, 2.24) is 4.98 Å². The Balaban J connectivity index is 1.95. The summed E-state index contributed by atoms with van der Waals surface area (Å²) in [6.07, 6.45) is 6.18. The van der Waals surface area contributed by atoms with Crippen molar-refractivity contribution in [1.29, 1.82) is 0 Å². The highest BCUT2D eigenvalue weighted by Gasteiger charge is 2.21. The lowest BCUT2D eigenvalue weighted by atomic mass is 10.1. The van der Waals surface area contributed by atoms with Crippen molar-refractivity contribution < 1.29 is 4.74 Å². The fourth-order valence-corrected chi connectivity index (χ4v) is 3.28. The van der Waals surface area contributed by atoms with Crippen LogP contribution in [-0.4, -0.2) is 18.7 Å². The molecule has 0 saturated heterocycles. The van der Waals surface area contributed by atoms with Gasteiger partial charge in [-0.3, -0.25) is 0 Å². The molecule has 1 atom stereocenters. The van der Waals surface area contributed by atoms with Gasteiger partial charge in [0, 0.05) is 25.0 Å². The predicted octanol–water partition coefficient (Wildman–Crippen LogP) is 2.84. The molecule has 1 aromatic heterocycles. The van der Waals surface area contributed by atoms with E-state index in [2.05, 4.69) is 10.4 Å². The monoisotopic (exact) mass is 240 g/mol. The summed E-state index contributed by atoms with van der Waals surface area (Å²) in [4.78, 5) is 4.68. The summed E-state index contributed by atoms with van der Waals surface area (Å²) in [7, 11) is 1.71. The topological polar surface area (TPSA) is 48.1 Å². The fourth-order valence-electron chi connectivity index (χ4n) is 2.22. The maximum absolute atomic E-state index is 6.06. The van der Waals surface area contributed by atoms with Gasteiger partial charge in [-0.1, -0.05) is 12.8 Å². The van der Waals surface area contributed by atoms with Gasteiger partial charge < -0.3 is 10.5 Å². The van der Waals surface area contributed by atoms with Crippen LogP contribution in [0.2, 0.25) is 0 Å². The minimum Gasteiger partial charge on any atom is -0.385 e. The highest BCUT2D eigenvalue weighted by Crippen LogP contribution is 2.36. The van der Waals surface area contributed by atoms with E-state index in [-0.39, 0.29) is 6.04 Å². The molecule has 4 heteroatoms. The normalized spacial score (nSPS) is 19.1. The second kappa shape index (κ2) is 5.75. The first kappa shape index (κ1) is 12.0. The van der Waals surface area contributed by atoms with Gasteiger partial charge in [-0.05, 0) is 19.3 Å². The number of hydrogen-bond acceptors (Lipinski definition) is 4. The second-order valence-corrected chi connectivity index (χ2v) is 5.37. The van der Waals surface area contributed by atoms with Crippen LogP contribution in [0.1, 0.15) is 54.8 Å². The molecule has 2 rings (SSSR count). The lowest BCUT2D eigenvalue weighted by molar-refractivity contribution is 0.187. The number of rotatable bonds is 5. The summed E-state index contributed by atoms with van der Waals surface area (Å²) in [6, 6.07) is 0.0337. The Labute approximate surface area is 101 Å². The van der Waals surface area contributed by atoms with Crippen LogP contribution in [0.3, 0.4) is 0 Å². The van der Waals surface area contributed by atoms with Gasteiger partial charge >= 0.3 is 0 Å². The molecular weight excluding hydrogens is 220 g/mol. The Bertz CT molecular complexity index is 321. The quantitative estimate of drug-likeness (QED) is 0.861. The molecule has 0 spiro atoms. The van der Waals surface area contributed by atoms with E-state index in [1.807, 2.05) is 0 Å². The molecular formula is C12H20N2OS. The van der Waals surface area contributed by atoms with Gasteiger partial charge in [0.15, 0.2) is 0 Å². The van der Waals surface area contributed by atoms with Crippen LogP contribution >= 0.6 is 11.3 Å². The average molecular weight is 240 g/mol. The van der Waals surface area contributed by atoms with Crippen molar-refractivity contribution in [2.45, 2.75) is 44.1 Å². The Morgan fingerprint density at radius 2 is 2.31 bits per heavy atom. The summed E-state index contributed by atoms with van der Waals surface area (Å²) < 4.78 is 5.04. The molecule has 0 bridgehead atoms. The van der Waals surface area contributed by atoms with Gasteiger partial charge in [-0.2, -0.15) is 0 Å². The summed E-state index contributed by atoms with van der Waals surface area (Å²) >= 11 is 1.78. The first-order valence-corrected chi connectivity index (χ1v) is 6.89. The van der Waals surface area contributed by atoms with Gasteiger partial charge in [0.1, 0.15) is 0 Å². The van der Waals surface area contributed by atoms with Crippen LogP contribution in [0, 0.1) is 0 Å². The number of thiazole rings is 1. The number of nitrogens with zero attached hydrogens (tertiary/aromatic N) is 1. The third-order valence-corrected chi connectivity index (χ3v) is 4.28. The van der Waals surface area contributed by atoms with Crippen molar-refractivity contribution in [3.63, 3.8) is 0 Å². The third-order valence-electron chi connectivity index (χ3n) is 3.26. The van der Waals surface area contributed by atoms with Crippen LogP contribution in [-0.2, 0) is 4.74 Å². The summed E-state index contributed by atoms with van der Waals surface area (Å²) in [6.45, 7) is 0.706. The molecule has 1 heterocycles. The predicted molar refractivity (Wildman–Crippen MR) is 66.7 cm³/mol. The summed E-state index contributed by atoms with van der Waals surface area (Å²) in [5.74, 6) is 0.702. The van der Waals surface area contributed by atoms with E-state index in [4.69, 9.17) is 10.5 Å². The third kappa shape index (κ3) is 2.81. The zero-order chi connectivity index (χ0) is 11.4. The molecule has 0 aliphatic heterocycles. The van der Waals surface area contributed by atoms with Gasteiger partial charge in [-0.15, -0.1) is 11.3 Å². The first-order valence-electron chi connectivity index (χ1n) is 6.01. The highest BCUT2D eigenvalue weighted by atomic mass is 32.1. The number of aromatic nitrogens is 1. The number of ether oxygens (including phenoxy) is 1. The SMILES string of the molecule is COCCC(N)c1csc(C2CCCC2)n1. The smallest absolute Gasteiger partial charge is 0.0959 e. The van der Waals surface area contributed by atoms with Crippen molar-refractivity contribution in [3.05, 3.63) is 16.1 Å². The second-order valence-electron chi connectivity index (χ2n) is 4.48. The Hall–Kier alpha value is -0.450. The number of nitrogens with two attached hydrogens (primary N) is 1. The molecule has 16 heavy (non-hydrogen) atoms. The lowest BCUT2D eigenvalue weighted by Crippen LogP contribution is -2.13. The summed E-state index contributed by atoms with van der Waals surface area (Å²) in [5, 5.41) is 3.41. The Morgan fingerprint density at radius 3 is 3.00 bits per heavy atom. The van der Waals surface area contributed by atoms with E-state index in [1.54, 1.807) is 18.4 Å². The minimum atomic E-state index is 0.0337. The van der Waals surface area contributed by atoms with Crippen molar-refractivity contribution in [2.75, 3.05) is 13.7 Å². The zero-order valence-corrected chi connectivity index (χ0v) is 10.6. The largest absolute Gasteiger partial charge is 0.385 e. The van der Waals surface area contributed by atoms with E-state index in [0.717, 1.165) is 12.1 Å². The van der Waals surface area contributed by atoms with Crippen molar-refractivity contribution in [2.24, 2.45) is 5.73 Å². The van der Waals surface area contributed by atoms with Crippen LogP contribution in [0.25, 0.3) is 0 Å². The molecule has 1 fully saturated rings. The molecule has 1 aliphatic carbocycles. The molecule has 3 nitrogen and oxygen atoms in total. The molecule has 2 N–H and O–H groups in total. The van der Waals surface area contributed by atoms with Crippen LogP contribution < -0.4 is 5.73 Å². The van der Waals surface area contributed by atoms with Crippen LogP contribution in [0.5, 0.6) is 0 Å². The van der Waals surface area contributed by atoms with Crippen LogP contribution in [0.4, 0.5) is 0 Å². The van der Waals surface area contributed by atoms with Gasteiger partial charge in [0.25, 0.3) is 0 Å². The first-order chi connectivity index (χ1) is 7.81. The molecule has 90 valence electrons. The standard InChI is InChI=1S/C12H20N2OS/c1-15-7-6-10(13)11-8-16-12(14-11)9-4-2-3-5-9/h8-10H,2-7,13H2,1H3. The van der Waals surface area contributed by atoms with E-state index in [9.17, 15) is 0 Å². The fraction of sp³-hybridized carbons (Fsp3) is 0.750. The maximum Gasteiger partial charge on any atom is 0.0959 e. The van der Waals surface area contributed by atoms with E-state index >= 15 is 0 Å². The maximum atomic E-state index is 6.06. The van der Waals surface area contributed by atoms with Crippen molar-refractivity contribution >= 4 is 11.3 Å². The van der Waals surface area contributed by atoms with E-state index in [1.165, 1.54) is 30.7 Å². The van der Waals surface area contributed by atoms with Gasteiger partial charge in [0.05, 0.1) is 16.7 Å². The van der Waals surface area contributed by atoms with Gasteiger partial charge in [0.2, 0.25) is 0 Å². The lowest BCUT2D eigenvalue weighted by Gasteiger charge is -2.08. The van der Waals surface area contributed by atoms with E-state index < -0.39 is 0 Å². The zero-order valence-electron chi connectivity index (χ0n) is 9.82. The molecule has 0 radical (unpaired) electrons. The minimum absolute atomic E-state index is 0.0337. The van der Waals surface area contributed by atoms with Crippen LogP contribution in [0.15, 0.2) is 5.38 Å². The molecule has 0 aromatic carbocycles. The Morgan fingerprint density at radius 1 is 1.56 bits per heavy atom. The number of hydrogen-bond donors (Lipinski definition) is 1. The molecule has 1 aromatic rings. The van der Waals surface area contributed by atoms with E-state index in [0.29, 0.717) is 12.5 Å². The molecule has 1 unspecified atom stereocenters. The number of methoxy groups -OCH3 is 1. The molecule has 1 aliphatic rings. The van der Waals surface area contributed by atoms with Gasteiger partial charge in [-0.25, -0.2) is 4.98 Å². The summed E-state index contributed by atoms with van der Waals surface area (Å²) in [5.41, 5.74) is 7.10. The Kier molecular flexibility index (Phi) is 4.32.